The standard InChI is InChI=1S/C13H22N4O2S/c1-8(2)7-15-13-17-11(14)10(20-13)12(18)16-9-3-5-19-6-4-9/h8-9H,3-7,14H2,1-2H3,(H,15,17)(H,16,18). The Morgan fingerprint density at radius 1 is 1.50 bits per heavy atom. The van der Waals surface area contributed by atoms with Gasteiger partial charge in [0.2, 0.25) is 0 Å². The minimum atomic E-state index is -0.135. The van der Waals surface area contributed by atoms with E-state index in [2.05, 4.69) is 29.5 Å². The van der Waals surface area contributed by atoms with Gasteiger partial charge < -0.3 is 21.1 Å². The third kappa shape index (κ3) is 4.08. The van der Waals surface area contributed by atoms with Gasteiger partial charge in [-0.2, -0.15) is 0 Å². The predicted molar refractivity (Wildman–Crippen MR) is 81.2 cm³/mol. The molecular weight excluding hydrogens is 276 g/mol. The number of hydrogen-bond acceptors (Lipinski definition) is 6. The average Bonchev–Trinajstić information content (AvgIpc) is 2.79. The van der Waals surface area contributed by atoms with E-state index in [1.807, 2.05) is 0 Å². The molecule has 0 radical (unpaired) electrons. The van der Waals surface area contributed by atoms with E-state index >= 15 is 0 Å². The van der Waals surface area contributed by atoms with Gasteiger partial charge in [-0.1, -0.05) is 25.2 Å². The fourth-order valence-electron chi connectivity index (χ4n) is 1.95. The molecule has 2 rings (SSSR count). The van der Waals surface area contributed by atoms with Gasteiger partial charge in [-0.05, 0) is 18.8 Å². The summed E-state index contributed by atoms with van der Waals surface area (Å²) < 4.78 is 5.27. The quantitative estimate of drug-likeness (QED) is 0.770. The lowest BCUT2D eigenvalue weighted by Gasteiger charge is -2.22. The van der Waals surface area contributed by atoms with Crippen molar-refractivity contribution in [2.45, 2.75) is 32.7 Å². The van der Waals surface area contributed by atoms with Gasteiger partial charge in [-0.3, -0.25) is 4.79 Å². The minimum Gasteiger partial charge on any atom is -0.382 e. The van der Waals surface area contributed by atoms with Gasteiger partial charge in [0.05, 0.1) is 0 Å². The molecule has 0 saturated carbocycles. The summed E-state index contributed by atoms with van der Waals surface area (Å²) in [7, 11) is 0. The first-order valence-electron chi connectivity index (χ1n) is 6.95. The molecular formula is C13H22N4O2S. The van der Waals surface area contributed by atoms with E-state index in [-0.39, 0.29) is 11.9 Å². The predicted octanol–water partition coefficient (Wildman–Crippen LogP) is 1.70. The summed E-state index contributed by atoms with van der Waals surface area (Å²) >= 11 is 1.31. The highest BCUT2D eigenvalue weighted by molar-refractivity contribution is 7.18. The Bertz CT molecular complexity index is 455. The maximum atomic E-state index is 12.2. The molecule has 1 aliphatic heterocycles. The molecule has 1 saturated heterocycles. The first kappa shape index (κ1) is 15.1. The molecule has 4 N–H and O–H groups in total. The van der Waals surface area contributed by atoms with Gasteiger partial charge in [0.15, 0.2) is 5.13 Å². The van der Waals surface area contributed by atoms with E-state index in [9.17, 15) is 4.79 Å². The Balaban J connectivity index is 1.94. The SMILES string of the molecule is CC(C)CNc1nc(N)c(C(=O)NC2CCOCC2)s1. The molecule has 1 amide bonds. The van der Waals surface area contributed by atoms with Crippen LogP contribution in [0.2, 0.25) is 0 Å². The Morgan fingerprint density at radius 3 is 2.85 bits per heavy atom. The van der Waals surface area contributed by atoms with E-state index in [0.29, 0.717) is 35.0 Å². The summed E-state index contributed by atoms with van der Waals surface area (Å²) in [5.41, 5.74) is 5.83. The number of nitrogens with zero attached hydrogens (tertiary/aromatic N) is 1. The monoisotopic (exact) mass is 298 g/mol. The van der Waals surface area contributed by atoms with Crippen LogP contribution in [0, 0.1) is 5.92 Å². The molecule has 0 aromatic carbocycles. The molecule has 112 valence electrons. The molecule has 0 aliphatic carbocycles. The van der Waals surface area contributed by atoms with E-state index in [1.54, 1.807) is 0 Å². The van der Waals surface area contributed by atoms with Gasteiger partial charge >= 0.3 is 0 Å². The first-order valence-corrected chi connectivity index (χ1v) is 7.76. The molecule has 1 aromatic rings. The van der Waals surface area contributed by atoms with Gasteiger partial charge in [0.25, 0.3) is 5.91 Å². The first-order chi connectivity index (χ1) is 9.56. The number of aromatic nitrogens is 1. The highest BCUT2D eigenvalue weighted by Crippen LogP contribution is 2.25. The zero-order chi connectivity index (χ0) is 14.5. The molecule has 1 fully saturated rings. The van der Waals surface area contributed by atoms with Crippen molar-refractivity contribution in [1.82, 2.24) is 10.3 Å². The van der Waals surface area contributed by atoms with Gasteiger partial charge in [-0.25, -0.2) is 4.98 Å². The van der Waals surface area contributed by atoms with Crippen molar-refractivity contribution in [1.29, 1.82) is 0 Å². The Hall–Kier alpha value is -1.34. The van der Waals surface area contributed by atoms with Crippen molar-refractivity contribution < 1.29 is 9.53 Å². The van der Waals surface area contributed by atoms with E-state index in [1.165, 1.54) is 11.3 Å². The Labute approximate surface area is 123 Å². The number of rotatable bonds is 5. The van der Waals surface area contributed by atoms with Crippen molar-refractivity contribution in [3.63, 3.8) is 0 Å². The molecule has 7 heteroatoms. The van der Waals surface area contributed by atoms with Crippen molar-refractivity contribution in [2.75, 3.05) is 30.8 Å². The van der Waals surface area contributed by atoms with E-state index < -0.39 is 0 Å². The highest BCUT2D eigenvalue weighted by atomic mass is 32.1. The van der Waals surface area contributed by atoms with Crippen LogP contribution in [0.25, 0.3) is 0 Å². The van der Waals surface area contributed by atoms with Crippen LogP contribution in [-0.4, -0.2) is 36.7 Å². The summed E-state index contributed by atoms with van der Waals surface area (Å²) in [5.74, 6) is 0.676. The van der Waals surface area contributed by atoms with Crippen LogP contribution in [0.15, 0.2) is 0 Å². The zero-order valence-electron chi connectivity index (χ0n) is 11.9. The van der Waals surface area contributed by atoms with Crippen molar-refractivity contribution >= 4 is 28.2 Å². The minimum absolute atomic E-state index is 0.135. The zero-order valence-corrected chi connectivity index (χ0v) is 12.8. The van der Waals surface area contributed by atoms with Gasteiger partial charge in [-0.15, -0.1) is 0 Å². The lowest BCUT2D eigenvalue weighted by atomic mass is 10.1. The fraction of sp³-hybridized carbons (Fsp3) is 0.692. The summed E-state index contributed by atoms with van der Waals surface area (Å²) in [5, 5.41) is 6.89. The number of thiazole rings is 1. The molecule has 1 aromatic heterocycles. The Kier molecular flexibility index (Phi) is 5.19. The van der Waals surface area contributed by atoms with Crippen molar-refractivity contribution in [3.05, 3.63) is 4.88 Å². The normalized spacial score (nSPS) is 16.4. The lowest BCUT2D eigenvalue weighted by molar-refractivity contribution is 0.0698. The van der Waals surface area contributed by atoms with Crippen LogP contribution in [0.4, 0.5) is 10.9 Å². The van der Waals surface area contributed by atoms with Crippen LogP contribution < -0.4 is 16.4 Å². The second-order valence-corrected chi connectivity index (χ2v) is 6.37. The number of nitrogens with one attached hydrogen (secondary N) is 2. The smallest absolute Gasteiger partial charge is 0.265 e. The number of amides is 1. The molecule has 0 atom stereocenters. The second kappa shape index (κ2) is 6.90. The maximum absolute atomic E-state index is 12.2. The number of anilines is 2. The number of carbonyl (C=O) groups is 1. The largest absolute Gasteiger partial charge is 0.382 e. The van der Waals surface area contributed by atoms with Crippen LogP contribution in [0.3, 0.4) is 0 Å². The van der Waals surface area contributed by atoms with Crippen LogP contribution in [0.5, 0.6) is 0 Å². The number of nitrogens with two attached hydrogens (primary N) is 1. The topological polar surface area (TPSA) is 89.3 Å². The molecule has 0 spiro atoms. The van der Waals surface area contributed by atoms with E-state index in [4.69, 9.17) is 10.5 Å². The average molecular weight is 298 g/mol. The maximum Gasteiger partial charge on any atom is 0.265 e. The Morgan fingerprint density at radius 2 is 2.20 bits per heavy atom. The van der Waals surface area contributed by atoms with Crippen LogP contribution in [0.1, 0.15) is 36.4 Å². The number of nitrogen functional groups attached to an aromatic ring is 1. The molecule has 1 aliphatic rings. The fourth-order valence-corrected chi connectivity index (χ4v) is 2.75. The second-order valence-electron chi connectivity index (χ2n) is 5.37. The summed E-state index contributed by atoms with van der Waals surface area (Å²) in [6.45, 7) is 6.44. The molecule has 0 unspecified atom stereocenters. The third-order valence-corrected chi connectivity index (χ3v) is 4.11. The molecule has 2 heterocycles. The van der Waals surface area contributed by atoms with Crippen LogP contribution in [-0.2, 0) is 4.74 Å². The third-order valence-electron chi connectivity index (χ3n) is 3.08. The summed E-state index contributed by atoms with van der Waals surface area (Å²) in [4.78, 5) is 16.9. The number of ether oxygens (including phenoxy) is 1. The number of hydrogen-bond donors (Lipinski definition) is 3. The molecule has 20 heavy (non-hydrogen) atoms. The molecule has 0 bridgehead atoms. The van der Waals surface area contributed by atoms with Gasteiger partial charge in [0, 0.05) is 25.8 Å². The van der Waals surface area contributed by atoms with E-state index in [0.717, 1.165) is 19.4 Å². The van der Waals surface area contributed by atoms with Gasteiger partial charge in [0.1, 0.15) is 10.7 Å². The van der Waals surface area contributed by atoms with Crippen LogP contribution >= 0.6 is 11.3 Å². The van der Waals surface area contributed by atoms with Crippen molar-refractivity contribution in [2.24, 2.45) is 5.92 Å². The number of carbonyl (C=O) groups excluding carboxylic acids is 1. The lowest BCUT2D eigenvalue weighted by Crippen LogP contribution is -2.38. The summed E-state index contributed by atoms with van der Waals surface area (Å²) in [6.07, 6.45) is 1.70. The summed E-state index contributed by atoms with van der Waals surface area (Å²) in [6, 6.07) is 0.171. The molecule has 6 nitrogen and oxygen atoms in total. The van der Waals surface area contributed by atoms with Crippen molar-refractivity contribution in [3.8, 4) is 0 Å². The highest BCUT2D eigenvalue weighted by Gasteiger charge is 2.21.